The summed E-state index contributed by atoms with van der Waals surface area (Å²) >= 11 is 0. The fourth-order valence-corrected chi connectivity index (χ4v) is 1.23. The molecule has 0 saturated carbocycles. The predicted octanol–water partition coefficient (Wildman–Crippen LogP) is 2.23. The number of carbonyl (C=O) groups excluding carboxylic acids is 3. The summed E-state index contributed by atoms with van der Waals surface area (Å²) in [7, 11) is 0. The van der Waals surface area contributed by atoms with Gasteiger partial charge in [0, 0.05) is 0 Å². The molecule has 0 heterocycles. The topological polar surface area (TPSA) is 90.9 Å². The Balaban J connectivity index is 4.55. The van der Waals surface area contributed by atoms with E-state index < -0.39 is 30.4 Å². The third kappa shape index (κ3) is 7.60. The normalized spacial score (nSPS) is 12.2. The van der Waals surface area contributed by atoms with Crippen LogP contribution in [0.4, 0.5) is 9.59 Å². The molecule has 0 aliphatic heterocycles. The molecule has 0 aromatic heterocycles. The van der Waals surface area contributed by atoms with Crippen LogP contribution in [0.3, 0.4) is 0 Å². The summed E-state index contributed by atoms with van der Waals surface area (Å²) in [4.78, 5) is 34.5. The molecule has 0 aliphatic carbocycles. The molecule has 0 bridgehead atoms. The highest BCUT2D eigenvalue weighted by molar-refractivity contribution is 5.88. The van der Waals surface area contributed by atoms with Gasteiger partial charge in [-0.1, -0.05) is 13.8 Å². The number of hydrogen-bond acceptors (Lipinski definition) is 6. The van der Waals surface area contributed by atoms with E-state index in [-0.39, 0.29) is 12.0 Å². The van der Waals surface area contributed by atoms with Crippen molar-refractivity contribution in [2.75, 3.05) is 0 Å². The number of nitrogens with one attached hydrogen (secondary N) is 1. The van der Waals surface area contributed by atoms with Gasteiger partial charge in [-0.15, -0.1) is 0 Å². The van der Waals surface area contributed by atoms with Crippen LogP contribution >= 0.6 is 0 Å². The first-order valence-corrected chi connectivity index (χ1v) is 6.53. The average Bonchev–Trinajstić information content (AvgIpc) is 2.22. The van der Waals surface area contributed by atoms with Crippen molar-refractivity contribution in [2.24, 2.45) is 5.92 Å². The van der Waals surface area contributed by atoms with E-state index in [4.69, 9.17) is 9.47 Å². The van der Waals surface area contributed by atoms with Crippen LogP contribution in [0.25, 0.3) is 0 Å². The van der Waals surface area contributed by atoms with Crippen LogP contribution in [0.15, 0.2) is 0 Å². The standard InChI is InChI=1S/C13H23NO6/c1-7(2)10(14-12(16)18-8(3)4)11(15)20-13(17)19-9(5)6/h7-10H,1-6H3,(H,14,16)/t10-/m0/s1. The van der Waals surface area contributed by atoms with E-state index in [1.807, 2.05) is 0 Å². The van der Waals surface area contributed by atoms with Gasteiger partial charge in [-0.2, -0.15) is 0 Å². The van der Waals surface area contributed by atoms with Crippen molar-refractivity contribution in [1.29, 1.82) is 0 Å². The number of amides is 1. The first kappa shape index (κ1) is 18.2. The van der Waals surface area contributed by atoms with Crippen LogP contribution in [0.5, 0.6) is 0 Å². The molecule has 1 N–H and O–H groups in total. The fourth-order valence-electron chi connectivity index (χ4n) is 1.23. The maximum atomic E-state index is 11.8. The van der Waals surface area contributed by atoms with Gasteiger partial charge in [-0.25, -0.2) is 14.4 Å². The Hall–Kier alpha value is -1.79. The molecule has 7 nitrogen and oxygen atoms in total. The third-order valence-corrected chi connectivity index (χ3v) is 2.05. The van der Waals surface area contributed by atoms with Gasteiger partial charge >= 0.3 is 18.2 Å². The van der Waals surface area contributed by atoms with Crippen molar-refractivity contribution < 1.29 is 28.6 Å². The van der Waals surface area contributed by atoms with Crippen molar-refractivity contribution in [3.63, 3.8) is 0 Å². The summed E-state index contributed by atoms with van der Waals surface area (Å²) in [6.07, 6.45) is -2.54. The van der Waals surface area contributed by atoms with E-state index in [0.717, 1.165) is 0 Å². The number of carbonyl (C=O) groups is 3. The van der Waals surface area contributed by atoms with Gasteiger partial charge in [-0.3, -0.25) is 0 Å². The highest BCUT2D eigenvalue weighted by atomic mass is 16.7. The molecule has 116 valence electrons. The molecule has 0 aromatic rings. The molecular formula is C13H23NO6. The summed E-state index contributed by atoms with van der Waals surface area (Å²) < 4.78 is 14.1. The molecule has 20 heavy (non-hydrogen) atoms. The zero-order valence-corrected chi connectivity index (χ0v) is 12.8. The van der Waals surface area contributed by atoms with Crippen LogP contribution in [0.1, 0.15) is 41.5 Å². The maximum absolute atomic E-state index is 11.8. The average molecular weight is 289 g/mol. The number of hydrogen-bond donors (Lipinski definition) is 1. The van der Waals surface area contributed by atoms with Crippen molar-refractivity contribution in [2.45, 2.75) is 59.8 Å². The minimum Gasteiger partial charge on any atom is -0.447 e. The molecule has 7 heteroatoms. The molecule has 0 aromatic carbocycles. The molecule has 0 unspecified atom stereocenters. The zero-order valence-electron chi connectivity index (χ0n) is 12.8. The molecule has 0 radical (unpaired) electrons. The van der Waals surface area contributed by atoms with Crippen LogP contribution in [0.2, 0.25) is 0 Å². The van der Waals surface area contributed by atoms with Gasteiger partial charge in [0.15, 0.2) is 0 Å². The van der Waals surface area contributed by atoms with Crippen molar-refractivity contribution in [1.82, 2.24) is 5.32 Å². The van der Waals surface area contributed by atoms with Crippen LogP contribution in [0, 0.1) is 5.92 Å². The lowest BCUT2D eigenvalue weighted by Crippen LogP contribution is -2.46. The largest absolute Gasteiger partial charge is 0.516 e. The second kappa shape index (κ2) is 8.39. The smallest absolute Gasteiger partial charge is 0.447 e. The minimum atomic E-state index is -1.09. The summed E-state index contributed by atoms with van der Waals surface area (Å²) in [5.74, 6) is -1.15. The second-order valence-corrected chi connectivity index (χ2v) is 5.16. The second-order valence-electron chi connectivity index (χ2n) is 5.16. The van der Waals surface area contributed by atoms with Gasteiger partial charge in [0.1, 0.15) is 6.04 Å². The van der Waals surface area contributed by atoms with Gasteiger partial charge in [0.25, 0.3) is 0 Å². The number of ether oxygens (including phenoxy) is 3. The lowest BCUT2D eigenvalue weighted by atomic mass is 10.1. The Morgan fingerprint density at radius 3 is 1.75 bits per heavy atom. The number of rotatable bonds is 5. The van der Waals surface area contributed by atoms with E-state index in [1.165, 1.54) is 0 Å². The number of esters is 1. The highest BCUT2D eigenvalue weighted by Gasteiger charge is 2.29. The lowest BCUT2D eigenvalue weighted by Gasteiger charge is -2.20. The van der Waals surface area contributed by atoms with Gasteiger partial charge in [0.2, 0.25) is 0 Å². The van der Waals surface area contributed by atoms with E-state index in [9.17, 15) is 14.4 Å². The molecule has 0 rings (SSSR count). The summed E-state index contributed by atoms with van der Waals surface area (Å²) in [6, 6.07) is -0.985. The zero-order chi connectivity index (χ0) is 15.9. The molecule has 0 aliphatic rings. The predicted molar refractivity (Wildman–Crippen MR) is 71.1 cm³/mol. The van der Waals surface area contributed by atoms with Crippen LogP contribution in [-0.4, -0.2) is 36.5 Å². The molecule has 0 fully saturated rings. The summed E-state index contributed by atoms with van der Waals surface area (Å²) in [6.45, 7) is 10.0. The third-order valence-electron chi connectivity index (χ3n) is 2.05. The molecule has 1 amide bonds. The Morgan fingerprint density at radius 1 is 0.850 bits per heavy atom. The monoisotopic (exact) mass is 289 g/mol. The lowest BCUT2D eigenvalue weighted by molar-refractivity contribution is -0.143. The SMILES string of the molecule is CC(C)OC(=O)N[C@H](C(=O)OC(=O)OC(C)C)C(C)C. The summed E-state index contributed by atoms with van der Waals surface area (Å²) in [5, 5.41) is 2.36. The maximum Gasteiger partial charge on any atom is 0.516 e. The van der Waals surface area contributed by atoms with Crippen LogP contribution in [-0.2, 0) is 19.0 Å². The van der Waals surface area contributed by atoms with E-state index in [1.54, 1.807) is 41.5 Å². The van der Waals surface area contributed by atoms with Gasteiger partial charge in [-0.05, 0) is 33.6 Å². The summed E-state index contributed by atoms with van der Waals surface area (Å²) in [5.41, 5.74) is 0. The molecule has 0 spiro atoms. The first-order chi connectivity index (χ1) is 9.13. The first-order valence-electron chi connectivity index (χ1n) is 6.53. The van der Waals surface area contributed by atoms with E-state index >= 15 is 0 Å². The highest BCUT2D eigenvalue weighted by Crippen LogP contribution is 2.06. The Labute approximate surface area is 118 Å². The number of alkyl carbamates (subject to hydrolysis) is 1. The van der Waals surface area contributed by atoms with Crippen molar-refractivity contribution in [3.05, 3.63) is 0 Å². The Morgan fingerprint density at radius 2 is 1.35 bits per heavy atom. The van der Waals surface area contributed by atoms with E-state index in [2.05, 4.69) is 10.1 Å². The minimum absolute atomic E-state index is 0.269. The fraction of sp³-hybridized carbons (Fsp3) is 0.769. The van der Waals surface area contributed by atoms with E-state index in [0.29, 0.717) is 0 Å². The molecule has 0 saturated heterocycles. The van der Waals surface area contributed by atoms with Crippen molar-refractivity contribution in [3.8, 4) is 0 Å². The van der Waals surface area contributed by atoms with Gasteiger partial charge < -0.3 is 19.5 Å². The Kier molecular flexibility index (Phi) is 7.64. The van der Waals surface area contributed by atoms with Crippen molar-refractivity contribution >= 4 is 18.2 Å². The quantitative estimate of drug-likeness (QED) is 0.616. The Bertz CT molecular complexity index is 351. The molecule has 1 atom stereocenters. The van der Waals surface area contributed by atoms with Crippen LogP contribution < -0.4 is 5.32 Å². The molecular weight excluding hydrogens is 266 g/mol. The van der Waals surface area contributed by atoms with Gasteiger partial charge in [0.05, 0.1) is 12.2 Å².